The average molecular weight is 297 g/mol. The molecule has 0 bridgehead atoms. The zero-order valence-corrected chi connectivity index (χ0v) is 13.4. The minimum Gasteiger partial charge on any atom is -0.311 e. The van der Waals surface area contributed by atoms with Crippen LogP contribution in [0.4, 0.5) is 0 Å². The summed E-state index contributed by atoms with van der Waals surface area (Å²) in [5.41, 5.74) is 3.25. The third-order valence-electron chi connectivity index (χ3n) is 3.78. The molecule has 3 nitrogen and oxygen atoms in total. The van der Waals surface area contributed by atoms with Gasteiger partial charge in [0, 0.05) is 16.7 Å². The summed E-state index contributed by atoms with van der Waals surface area (Å²) in [6.07, 6.45) is 0.876. The number of rotatable bonds is 4. The number of para-hydroxylation sites is 1. The fourth-order valence-electron chi connectivity index (χ4n) is 2.43. The SMILES string of the molecule is CNC(Cc1nc(C)c(C)s1)c1ccc2ccccc2n1. The van der Waals surface area contributed by atoms with E-state index < -0.39 is 0 Å². The number of thiazole rings is 1. The van der Waals surface area contributed by atoms with E-state index in [0.29, 0.717) is 0 Å². The number of nitrogens with one attached hydrogen (secondary N) is 1. The van der Waals surface area contributed by atoms with Crippen LogP contribution in [0.15, 0.2) is 36.4 Å². The molecule has 0 aliphatic heterocycles. The largest absolute Gasteiger partial charge is 0.311 e. The van der Waals surface area contributed by atoms with Crippen molar-refractivity contribution >= 4 is 22.2 Å². The third kappa shape index (κ3) is 2.96. The quantitative estimate of drug-likeness (QED) is 0.795. The Morgan fingerprint density at radius 3 is 2.62 bits per heavy atom. The fraction of sp³-hybridized carbons (Fsp3) is 0.294. The summed E-state index contributed by atoms with van der Waals surface area (Å²) in [5, 5.41) is 5.71. The van der Waals surface area contributed by atoms with Gasteiger partial charge in [0.25, 0.3) is 0 Å². The second-order valence-corrected chi connectivity index (χ2v) is 6.51. The summed E-state index contributed by atoms with van der Waals surface area (Å²) in [5.74, 6) is 0. The Morgan fingerprint density at radius 1 is 1.10 bits per heavy atom. The summed E-state index contributed by atoms with van der Waals surface area (Å²) in [7, 11) is 1.98. The smallest absolute Gasteiger partial charge is 0.0950 e. The van der Waals surface area contributed by atoms with E-state index in [1.807, 2.05) is 19.2 Å². The molecule has 0 saturated heterocycles. The first-order chi connectivity index (χ1) is 10.2. The Labute approximate surface area is 129 Å². The normalized spacial score (nSPS) is 12.7. The first kappa shape index (κ1) is 14.2. The molecule has 108 valence electrons. The van der Waals surface area contributed by atoms with Crippen LogP contribution in [0.1, 0.15) is 27.3 Å². The van der Waals surface area contributed by atoms with Crippen LogP contribution in [0.5, 0.6) is 0 Å². The van der Waals surface area contributed by atoms with Crippen molar-refractivity contribution in [1.82, 2.24) is 15.3 Å². The molecule has 1 N–H and O–H groups in total. The maximum Gasteiger partial charge on any atom is 0.0950 e. The lowest BCUT2D eigenvalue weighted by molar-refractivity contribution is 0.576. The highest BCUT2D eigenvalue weighted by Crippen LogP contribution is 2.24. The van der Waals surface area contributed by atoms with Crippen LogP contribution in [-0.2, 0) is 6.42 Å². The molecule has 2 heterocycles. The van der Waals surface area contributed by atoms with E-state index in [9.17, 15) is 0 Å². The van der Waals surface area contributed by atoms with Crippen LogP contribution in [0.3, 0.4) is 0 Å². The Morgan fingerprint density at radius 2 is 1.90 bits per heavy atom. The molecular formula is C17H19N3S. The zero-order valence-electron chi connectivity index (χ0n) is 12.6. The van der Waals surface area contributed by atoms with Crippen LogP contribution < -0.4 is 5.32 Å². The summed E-state index contributed by atoms with van der Waals surface area (Å²) >= 11 is 1.78. The molecule has 2 aromatic heterocycles. The van der Waals surface area contributed by atoms with Crippen LogP contribution in [-0.4, -0.2) is 17.0 Å². The van der Waals surface area contributed by atoms with Crippen molar-refractivity contribution in [2.24, 2.45) is 0 Å². The number of aromatic nitrogens is 2. The molecular weight excluding hydrogens is 278 g/mol. The molecule has 1 atom stereocenters. The second kappa shape index (κ2) is 5.92. The van der Waals surface area contributed by atoms with Crippen LogP contribution >= 0.6 is 11.3 Å². The second-order valence-electron chi connectivity index (χ2n) is 5.22. The fourth-order valence-corrected chi connectivity index (χ4v) is 3.41. The van der Waals surface area contributed by atoms with Crippen LogP contribution in [0.25, 0.3) is 10.9 Å². The predicted octanol–water partition coefficient (Wildman–Crippen LogP) is 3.81. The van der Waals surface area contributed by atoms with Gasteiger partial charge in [-0.3, -0.25) is 4.98 Å². The average Bonchev–Trinajstić information content (AvgIpc) is 2.82. The monoisotopic (exact) mass is 297 g/mol. The molecule has 0 saturated carbocycles. The molecule has 0 amide bonds. The van der Waals surface area contributed by atoms with Crippen molar-refractivity contribution in [3.63, 3.8) is 0 Å². The Kier molecular flexibility index (Phi) is 3.99. The number of nitrogens with zero attached hydrogens (tertiary/aromatic N) is 2. The maximum absolute atomic E-state index is 4.79. The van der Waals surface area contributed by atoms with Gasteiger partial charge in [0.1, 0.15) is 0 Å². The summed E-state index contributed by atoms with van der Waals surface area (Å²) < 4.78 is 0. The molecule has 21 heavy (non-hydrogen) atoms. The van der Waals surface area contributed by atoms with Gasteiger partial charge in [-0.15, -0.1) is 11.3 Å². The van der Waals surface area contributed by atoms with Gasteiger partial charge < -0.3 is 5.32 Å². The Hall–Kier alpha value is -1.78. The van der Waals surface area contributed by atoms with E-state index >= 15 is 0 Å². The number of aryl methyl sites for hydroxylation is 2. The highest BCUT2D eigenvalue weighted by molar-refractivity contribution is 7.11. The minimum atomic E-state index is 0.194. The van der Waals surface area contributed by atoms with E-state index in [1.54, 1.807) is 11.3 Å². The standard InChI is InChI=1S/C17H19N3S/c1-11-12(2)21-17(19-11)10-16(18-3)15-9-8-13-6-4-5-7-14(13)20-15/h4-9,16,18H,10H2,1-3H3. The lowest BCUT2D eigenvalue weighted by Gasteiger charge is -2.14. The molecule has 0 aliphatic carbocycles. The molecule has 0 radical (unpaired) electrons. The first-order valence-corrected chi connectivity index (χ1v) is 7.95. The van der Waals surface area contributed by atoms with Crippen molar-refractivity contribution in [2.75, 3.05) is 7.05 Å². The van der Waals surface area contributed by atoms with E-state index in [4.69, 9.17) is 4.98 Å². The molecule has 0 aliphatic rings. The number of likely N-dealkylation sites (N-methyl/N-ethyl adjacent to an activating group) is 1. The molecule has 0 fully saturated rings. The predicted molar refractivity (Wildman–Crippen MR) is 88.8 cm³/mol. The highest BCUT2D eigenvalue weighted by Gasteiger charge is 2.15. The third-order valence-corrected chi connectivity index (χ3v) is 4.87. The van der Waals surface area contributed by atoms with Crippen molar-refractivity contribution in [2.45, 2.75) is 26.3 Å². The minimum absolute atomic E-state index is 0.194. The molecule has 1 unspecified atom stereocenters. The van der Waals surface area contributed by atoms with E-state index in [2.05, 4.69) is 48.4 Å². The summed E-state index contributed by atoms with van der Waals surface area (Å²) in [4.78, 5) is 10.7. The van der Waals surface area contributed by atoms with Crippen molar-refractivity contribution < 1.29 is 0 Å². The van der Waals surface area contributed by atoms with Gasteiger partial charge in [0.15, 0.2) is 0 Å². The highest BCUT2D eigenvalue weighted by atomic mass is 32.1. The molecule has 3 aromatic rings. The maximum atomic E-state index is 4.79. The molecule has 1 aromatic carbocycles. The van der Waals surface area contributed by atoms with Gasteiger partial charge in [-0.2, -0.15) is 0 Å². The topological polar surface area (TPSA) is 37.8 Å². The van der Waals surface area contributed by atoms with Gasteiger partial charge in [-0.25, -0.2) is 4.98 Å². The van der Waals surface area contributed by atoms with Gasteiger partial charge in [-0.1, -0.05) is 24.3 Å². The summed E-state index contributed by atoms with van der Waals surface area (Å²) in [6, 6.07) is 12.7. The van der Waals surface area contributed by atoms with E-state index in [1.165, 1.54) is 15.3 Å². The molecule has 3 rings (SSSR count). The Balaban J connectivity index is 1.90. The van der Waals surface area contributed by atoms with Gasteiger partial charge in [0.2, 0.25) is 0 Å². The van der Waals surface area contributed by atoms with Gasteiger partial charge >= 0.3 is 0 Å². The van der Waals surface area contributed by atoms with Crippen molar-refractivity contribution in [1.29, 1.82) is 0 Å². The van der Waals surface area contributed by atoms with Crippen LogP contribution in [0, 0.1) is 13.8 Å². The van der Waals surface area contributed by atoms with Crippen molar-refractivity contribution in [3.05, 3.63) is 57.7 Å². The number of pyridine rings is 1. The lowest BCUT2D eigenvalue weighted by atomic mass is 10.1. The molecule has 0 spiro atoms. The number of fused-ring (bicyclic) bond motifs is 1. The zero-order chi connectivity index (χ0) is 14.8. The van der Waals surface area contributed by atoms with Gasteiger partial charge in [-0.05, 0) is 33.0 Å². The van der Waals surface area contributed by atoms with Gasteiger partial charge in [0.05, 0.1) is 28.0 Å². The number of hydrogen-bond acceptors (Lipinski definition) is 4. The van der Waals surface area contributed by atoms with E-state index in [-0.39, 0.29) is 6.04 Å². The van der Waals surface area contributed by atoms with E-state index in [0.717, 1.165) is 23.3 Å². The first-order valence-electron chi connectivity index (χ1n) is 7.13. The van der Waals surface area contributed by atoms with Crippen molar-refractivity contribution in [3.8, 4) is 0 Å². The summed E-state index contributed by atoms with van der Waals surface area (Å²) in [6.45, 7) is 4.19. The lowest BCUT2D eigenvalue weighted by Crippen LogP contribution is -2.20. The van der Waals surface area contributed by atoms with Crippen LogP contribution in [0.2, 0.25) is 0 Å². The Bertz CT molecular complexity index is 744. The number of hydrogen-bond donors (Lipinski definition) is 1. The number of benzene rings is 1. The molecule has 4 heteroatoms.